The molecule has 166 valence electrons. The molecular formula is C25H27FN4O2. The number of nitrogens with one attached hydrogen (secondary N) is 2. The molecule has 1 heterocycles. The fourth-order valence-electron chi connectivity index (χ4n) is 4.04. The zero-order valence-electron chi connectivity index (χ0n) is 17.9. The van der Waals surface area contributed by atoms with E-state index in [0.717, 1.165) is 44.5 Å². The van der Waals surface area contributed by atoms with Crippen LogP contribution in [0.25, 0.3) is 0 Å². The van der Waals surface area contributed by atoms with E-state index in [-0.39, 0.29) is 17.6 Å². The third-order valence-electron chi connectivity index (χ3n) is 6.21. The van der Waals surface area contributed by atoms with Crippen LogP contribution in [0, 0.1) is 17.1 Å². The van der Waals surface area contributed by atoms with E-state index in [9.17, 15) is 14.0 Å². The first kappa shape index (κ1) is 22.0. The number of likely N-dealkylation sites (tertiary alicyclic amines) is 1. The minimum Gasteiger partial charge on any atom is -0.341 e. The molecule has 32 heavy (non-hydrogen) atoms. The Morgan fingerprint density at radius 2 is 1.84 bits per heavy atom. The van der Waals surface area contributed by atoms with E-state index in [0.29, 0.717) is 29.5 Å². The van der Waals surface area contributed by atoms with E-state index in [1.54, 1.807) is 29.2 Å². The predicted octanol–water partition coefficient (Wildman–Crippen LogP) is 2.95. The molecule has 0 spiro atoms. The average molecular weight is 435 g/mol. The Morgan fingerprint density at radius 1 is 1.12 bits per heavy atom. The van der Waals surface area contributed by atoms with Crippen LogP contribution in [0.15, 0.2) is 48.5 Å². The molecule has 7 heteroatoms. The van der Waals surface area contributed by atoms with Gasteiger partial charge in [-0.1, -0.05) is 12.1 Å². The van der Waals surface area contributed by atoms with Crippen molar-refractivity contribution in [3.8, 4) is 6.07 Å². The highest BCUT2D eigenvalue weighted by Crippen LogP contribution is 2.40. The molecule has 0 bridgehead atoms. The molecule has 1 saturated carbocycles. The molecule has 0 radical (unpaired) electrons. The van der Waals surface area contributed by atoms with Gasteiger partial charge in [-0.2, -0.15) is 5.26 Å². The number of halogens is 1. The molecule has 2 aromatic carbocycles. The van der Waals surface area contributed by atoms with Gasteiger partial charge >= 0.3 is 0 Å². The van der Waals surface area contributed by atoms with Gasteiger partial charge in [0.05, 0.1) is 11.6 Å². The normalized spacial score (nSPS) is 20.1. The first-order chi connectivity index (χ1) is 15.5. The van der Waals surface area contributed by atoms with Crippen LogP contribution < -0.4 is 10.6 Å². The van der Waals surface area contributed by atoms with Crippen LogP contribution >= 0.6 is 0 Å². The number of carbonyl (C=O) groups excluding carboxylic acids is 2. The second-order valence-electron chi connectivity index (χ2n) is 8.49. The van der Waals surface area contributed by atoms with Crippen molar-refractivity contribution < 1.29 is 14.0 Å². The van der Waals surface area contributed by atoms with Crippen molar-refractivity contribution in [1.82, 2.24) is 15.5 Å². The second-order valence-corrected chi connectivity index (χ2v) is 8.49. The van der Waals surface area contributed by atoms with E-state index < -0.39 is 6.04 Å². The minimum absolute atomic E-state index is 0.0335. The topological polar surface area (TPSA) is 85.2 Å². The molecule has 2 N–H and O–H groups in total. The lowest BCUT2D eigenvalue weighted by Gasteiger charge is -2.34. The van der Waals surface area contributed by atoms with E-state index in [1.807, 2.05) is 18.2 Å². The van der Waals surface area contributed by atoms with Crippen LogP contribution in [0.5, 0.6) is 0 Å². The molecule has 1 aliphatic carbocycles. The molecule has 2 aromatic rings. The summed E-state index contributed by atoms with van der Waals surface area (Å²) in [4.78, 5) is 27.3. The monoisotopic (exact) mass is 434 g/mol. The molecule has 4 rings (SSSR count). The van der Waals surface area contributed by atoms with Crippen molar-refractivity contribution >= 4 is 11.8 Å². The number of nitrogens with zero attached hydrogens (tertiary/aromatic N) is 2. The first-order valence-corrected chi connectivity index (χ1v) is 11.1. The maximum Gasteiger partial charge on any atom is 0.251 e. The quantitative estimate of drug-likeness (QED) is 0.595. The van der Waals surface area contributed by atoms with Crippen molar-refractivity contribution in [3.63, 3.8) is 0 Å². The van der Waals surface area contributed by atoms with Gasteiger partial charge in [-0.15, -0.1) is 0 Å². The van der Waals surface area contributed by atoms with E-state index >= 15 is 0 Å². The summed E-state index contributed by atoms with van der Waals surface area (Å²) in [5, 5.41) is 15.3. The Balaban J connectivity index is 1.27. The van der Waals surface area contributed by atoms with E-state index in [2.05, 4.69) is 10.6 Å². The molecule has 6 nitrogen and oxygen atoms in total. The summed E-state index contributed by atoms with van der Waals surface area (Å²) in [5.74, 6) is -0.154. The predicted molar refractivity (Wildman–Crippen MR) is 118 cm³/mol. The number of nitriles is 1. The van der Waals surface area contributed by atoms with Crippen molar-refractivity contribution in [2.45, 2.75) is 43.7 Å². The van der Waals surface area contributed by atoms with Crippen LogP contribution in [0.4, 0.5) is 4.39 Å². The van der Waals surface area contributed by atoms with Gasteiger partial charge in [0, 0.05) is 30.6 Å². The smallest absolute Gasteiger partial charge is 0.251 e. The molecule has 2 aliphatic rings. The highest BCUT2D eigenvalue weighted by Gasteiger charge is 2.37. The Hall–Kier alpha value is -3.24. The van der Waals surface area contributed by atoms with Crippen molar-refractivity contribution in [2.24, 2.45) is 0 Å². The summed E-state index contributed by atoms with van der Waals surface area (Å²) in [6, 6.07) is 14.9. The van der Waals surface area contributed by atoms with E-state index in [1.165, 1.54) is 12.1 Å². The van der Waals surface area contributed by atoms with Gasteiger partial charge in [0.1, 0.15) is 11.9 Å². The van der Waals surface area contributed by atoms with Gasteiger partial charge in [0.15, 0.2) is 0 Å². The number of benzene rings is 2. The Kier molecular flexibility index (Phi) is 6.81. The average Bonchev–Trinajstić information content (AvgIpc) is 3.54. The molecule has 2 amide bonds. The zero-order chi connectivity index (χ0) is 22.5. The summed E-state index contributed by atoms with van der Waals surface area (Å²) in [6.07, 6.45) is 3.33. The highest BCUT2D eigenvalue weighted by molar-refractivity contribution is 5.97. The number of carbonyl (C=O) groups is 2. The van der Waals surface area contributed by atoms with Gasteiger partial charge in [0.25, 0.3) is 5.91 Å². The zero-order valence-corrected chi connectivity index (χ0v) is 17.9. The maximum absolute atomic E-state index is 13.1. The van der Waals surface area contributed by atoms with Crippen LogP contribution in [0.1, 0.15) is 53.1 Å². The summed E-state index contributed by atoms with van der Waals surface area (Å²) in [7, 11) is 0. The van der Waals surface area contributed by atoms with Gasteiger partial charge in [-0.05, 0) is 74.2 Å². The fourth-order valence-corrected chi connectivity index (χ4v) is 4.04. The molecular weight excluding hydrogens is 407 g/mol. The third kappa shape index (κ3) is 5.32. The fraction of sp³-hybridized carbons (Fsp3) is 0.400. The lowest BCUT2D eigenvalue weighted by Crippen LogP contribution is -2.53. The van der Waals surface area contributed by atoms with Gasteiger partial charge < -0.3 is 15.5 Å². The van der Waals surface area contributed by atoms with Crippen molar-refractivity contribution in [2.75, 3.05) is 19.6 Å². The lowest BCUT2D eigenvalue weighted by molar-refractivity contribution is -0.136. The molecule has 0 unspecified atom stereocenters. The van der Waals surface area contributed by atoms with E-state index in [4.69, 9.17) is 5.26 Å². The minimum atomic E-state index is -0.563. The van der Waals surface area contributed by atoms with Crippen LogP contribution in [-0.2, 0) is 4.79 Å². The maximum atomic E-state index is 13.1. The Morgan fingerprint density at radius 3 is 2.47 bits per heavy atom. The molecule has 3 atom stereocenters. The number of rotatable bonds is 9. The van der Waals surface area contributed by atoms with Crippen molar-refractivity contribution in [1.29, 1.82) is 5.26 Å². The van der Waals surface area contributed by atoms with Gasteiger partial charge in [-0.3, -0.25) is 9.59 Å². The molecule has 0 aromatic heterocycles. The Bertz CT molecular complexity index is 996. The molecule has 1 saturated heterocycles. The molecule has 1 aliphatic heterocycles. The second kappa shape index (κ2) is 9.92. The first-order valence-electron chi connectivity index (χ1n) is 11.1. The standard InChI is InChI=1S/C25H27FN4O2/c26-20-10-8-18(9-11-20)21-15-23(21)28-12-1-3-22(25(32)30-13-2-14-30)29-24(31)19-6-4-17(16-27)5-7-19/h4-11,21-23,28H,1-3,12-15H2,(H,29,31)/t21-,22-,23+/m0/s1. The SMILES string of the molecule is N#Cc1ccc(C(=O)N[C@@H](CCCN[C@@H]2C[C@H]2c2ccc(F)cc2)C(=O)N2CCC2)cc1. The van der Waals surface area contributed by atoms with Crippen LogP contribution in [0.3, 0.4) is 0 Å². The summed E-state index contributed by atoms with van der Waals surface area (Å²) in [5.41, 5.74) is 2.06. The third-order valence-corrected chi connectivity index (χ3v) is 6.21. The number of hydrogen-bond donors (Lipinski definition) is 2. The van der Waals surface area contributed by atoms with Crippen LogP contribution in [0.2, 0.25) is 0 Å². The molecule has 2 fully saturated rings. The number of hydrogen-bond acceptors (Lipinski definition) is 4. The number of amides is 2. The Labute approximate surface area is 187 Å². The lowest BCUT2D eigenvalue weighted by atomic mass is 10.1. The highest BCUT2D eigenvalue weighted by atomic mass is 19.1. The van der Waals surface area contributed by atoms with Crippen molar-refractivity contribution in [3.05, 3.63) is 71.0 Å². The van der Waals surface area contributed by atoms with Gasteiger partial charge in [-0.25, -0.2) is 4.39 Å². The summed E-state index contributed by atoms with van der Waals surface area (Å²) >= 11 is 0. The van der Waals surface area contributed by atoms with Crippen LogP contribution in [-0.4, -0.2) is 48.4 Å². The largest absolute Gasteiger partial charge is 0.341 e. The summed E-state index contributed by atoms with van der Waals surface area (Å²) in [6.45, 7) is 2.22. The van der Waals surface area contributed by atoms with Gasteiger partial charge in [0.2, 0.25) is 5.91 Å². The summed E-state index contributed by atoms with van der Waals surface area (Å²) < 4.78 is 13.1.